The quantitative estimate of drug-likeness (QED) is 0.743. The number of thioether (sulfide) groups is 1. The summed E-state index contributed by atoms with van der Waals surface area (Å²) < 4.78 is 1.93. The fraction of sp³-hybridized carbons (Fsp3) is 0.273. The zero-order valence-electron chi connectivity index (χ0n) is 8.84. The van der Waals surface area contributed by atoms with Gasteiger partial charge in [0.15, 0.2) is 5.16 Å². The second kappa shape index (κ2) is 4.49. The fourth-order valence-electron chi connectivity index (χ4n) is 1.35. The number of benzene rings is 1. The molecule has 0 amide bonds. The lowest BCUT2D eigenvalue weighted by molar-refractivity contribution is 0.788. The Morgan fingerprint density at radius 3 is 2.93 bits per heavy atom. The van der Waals surface area contributed by atoms with Crippen LogP contribution in [0.5, 0.6) is 0 Å². The Kier molecular flexibility index (Phi) is 3.06. The van der Waals surface area contributed by atoms with Crippen molar-refractivity contribution >= 4 is 11.8 Å². The molecule has 15 heavy (non-hydrogen) atoms. The summed E-state index contributed by atoms with van der Waals surface area (Å²) in [5, 5.41) is 8.83. The summed E-state index contributed by atoms with van der Waals surface area (Å²) in [5.41, 5.74) is 2.62. The van der Waals surface area contributed by atoms with Gasteiger partial charge in [-0.1, -0.05) is 41.6 Å². The number of hydrogen-bond acceptors (Lipinski definition) is 3. The molecule has 0 aliphatic rings. The van der Waals surface area contributed by atoms with Crippen molar-refractivity contribution in [3.63, 3.8) is 0 Å². The topological polar surface area (TPSA) is 30.7 Å². The molecule has 2 aromatic rings. The summed E-state index contributed by atoms with van der Waals surface area (Å²) in [5.74, 6) is 0.939. The highest BCUT2D eigenvalue weighted by molar-refractivity contribution is 7.98. The van der Waals surface area contributed by atoms with Gasteiger partial charge in [-0.25, -0.2) is 0 Å². The minimum atomic E-state index is 0.939. The highest BCUT2D eigenvalue weighted by Crippen LogP contribution is 2.20. The van der Waals surface area contributed by atoms with Gasteiger partial charge in [0.25, 0.3) is 0 Å². The van der Waals surface area contributed by atoms with Gasteiger partial charge in [0.05, 0.1) is 0 Å². The van der Waals surface area contributed by atoms with Gasteiger partial charge in [0, 0.05) is 12.8 Å². The van der Waals surface area contributed by atoms with Crippen LogP contribution in [0.1, 0.15) is 11.1 Å². The van der Waals surface area contributed by atoms with Crippen molar-refractivity contribution in [2.24, 2.45) is 7.05 Å². The Bertz CT molecular complexity index is 451. The first-order chi connectivity index (χ1) is 7.25. The monoisotopic (exact) mass is 219 g/mol. The summed E-state index contributed by atoms with van der Waals surface area (Å²) in [4.78, 5) is 0. The van der Waals surface area contributed by atoms with Crippen LogP contribution >= 0.6 is 11.8 Å². The SMILES string of the molecule is Cc1cccc(CSc2nncn2C)c1. The van der Waals surface area contributed by atoms with Crippen LogP contribution in [0.4, 0.5) is 0 Å². The number of aryl methyl sites for hydroxylation is 2. The molecular formula is C11H13N3S. The average molecular weight is 219 g/mol. The maximum atomic E-state index is 4.03. The fourth-order valence-corrected chi connectivity index (χ4v) is 2.18. The summed E-state index contributed by atoms with van der Waals surface area (Å²) >= 11 is 1.70. The van der Waals surface area contributed by atoms with Gasteiger partial charge in [0.2, 0.25) is 0 Å². The average Bonchev–Trinajstić information content (AvgIpc) is 2.61. The molecule has 0 saturated heterocycles. The van der Waals surface area contributed by atoms with Gasteiger partial charge in [-0.05, 0) is 12.5 Å². The van der Waals surface area contributed by atoms with Crippen LogP contribution < -0.4 is 0 Å². The van der Waals surface area contributed by atoms with Crippen molar-refractivity contribution in [2.45, 2.75) is 17.8 Å². The van der Waals surface area contributed by atoms with Crippen LogP contribution in [-0.4, -0.2) is 14.8 Å². The van der Waals surface area contributed by atoms with E-state index in [1.807, 2.05) is 11.6 Å². The third-order valence-corrected chi connectivity index (χ3v) is 3.23. The molecule has 0 spiro atoms. The van der Waals surface area contributed by atoms with E-state index in [0.29, 0.717) is 0 Å². The first kappa shape index (κ1) is 10.2. The third-order valence-electron chi connectivity index (χ3n) is 2.12. The Hall–Kier alpha value is -1.29. The van der Waals surface area contributed by atoms with E-state index in [0.717, 1.165) is 10.9 Å². The van der Waals surface area contributed by atoms with Gasteiger partial charge < -0.3 is 4.57 Å². The van der Waals surface area contributed by atoms with Crippen molar-refractivity contribution < 1.29 is 0 Å². The van der Waals surface area contributed by atoms with E-state index in [-0.39, 0.29) is 0 Å². The van der Waals surface area contributed by atoms with Gasteiger partial charge >= 0.3 is 0 Å². The van der Waals surface area contributed by atoms with Crippen LogP contribution in [0.15, 0.2) is 35.7 Å². The maximum absolute atomic E-state index is 4.03. The summed E-state index contributed by atoms with van der Waals surface area (Å²) in [6.07, 6.45) is 1.72. The summed E-state index contributed by atoms with van der Waals surface area (Å²) in [7, 11) is 1.96. The van der Waals surface area contributed by atoms with Crippen LogP contribution in [0, 0.1) is 6.92 Å². The molecule has 0 N–H and O–H groups in total. The van der Waals surface area contributed by atoms with E-state index >= 15 is 0 Å². The van der Waals surface area contributed by atoms with Crippen molar-refractivity contribution in [1.29, 1.82) is 0 Å². The lowest BCUT2D eigenvalue weighted by Crippen LogP contribution is -1.89. The molecule has 0 bridgehead atoms. The van der Waals surface area contributed by atoms with Gasteiger partial charge in [-0.2, -0.15) is 0 Å². The zero-order chi connectivity index (χ0) is 10.7. The largest absolute Gasteiger partial charge is 0.312 e. The van der Waals surface area contributed by atoms with Crippen LogP contribution in [-0.2, 0) is 12.8 Å². The van der Waals surface area contributed by atoms with E-state index in [4.69, 9.17) is 0 Å². The first-order valence-corrected chi connectivity index (χ1v) is 5.76. The molecule has 1 heterocycles. The number of rotatable bonds is 3. The third kappa shape index (κ3) is 2.59. The number of aromatic nitrogens is 3. The van der Waals surface area contributed by atoms with Crippen LogP contribution in [0.3, 0.4) is 0 Å². The smallest absolute Gasteiger partial charge is 0.191 e. The molecule has 4 heteroatoms. The highest BCUT2D eigenvalue weighted by atomic mass is 32.2. The minimum Gasteiger partial charge on any atom is -0.312 e. The molecule has 0 saturated carbocycles. The molecule has 3 nitrogen and oxygen atoms in total. The van der Waals surface area contributed by atoms with E-state index in [1.54, 1.807) is 18.1 Å². The molecule has 0 fully saturated rings. The number of nitrogens with zero attached hydrogens (tertiary/aromatic N) is 3. The molecule has 1 aromatic heterocycles. The van der Waals surface area contributed by atoms with E-state index in [9.17, 15) is 0 Å². The van der Waals surface area contributed by atoms with E-state index in [1.165, 1.54) is 11.1 Å². The highest BCUT2D eigenvalue weighted by Gasteiger charge is 2.01. The minimum absolute atomic E-state index is 0.939. The predicted octanol–water partition coefficient (Wildman–Crippen LogP) is 2.42. The maximum Gasteiger partial charge on any atom is 0.191 e. The summed E-state index contributed by atoms with van der Waals surface area (Å²) in [6.45, 7) is 2.11. The van der Waals surface area contributed by atoms with E-state index in [2.05, 4.69) is 41.4 Å². The molecule has 1 aromatic carbocycles. The van der Waals surface area contributed by atoms with Crippen LogP contribution in [0.25, 0.3) is 0 Å². The van der Waals surface area contributed by atoms with Crippen molar-refractivity contribution in [3.05, 3.63) is 41.7 Å². The standard InChI is InChI=1S/C11H13N3S/c1-9-4-3-5-10(6-9)7-15-11-13-12-8-14(11)2/h3-6,8H,7H2,1-2H3. The van der Waals surface area contributed by atoms with Crippen molar-refractivity contribution in [3.8, 4) is 0 Å². The second-order valence-electron chi connectivity index (χ2n) is 3.50. The predicted molar refractivity (Wildman–Crippen MR) is 61.7 cm³/mol. The van der Waals surface area contributed by atoms with E-state index < -0.39 is 0 Å². The zero-order valence-corrected chi connectivity index (χ0v) is 9.66. The molecule has 0 unspecified atom stereocenters. The van der Waals surface area contributed by atoms with Crippen molar-refractivity contribution in [1.82, 2.24) is 14.8 Å². The molecule has 0 aliphatic heterocycles. The number of hydrogen-bond donors (Lipinski definition) is 0. The Morgan fingerprint density at radius 1 is 1.40 bits per heavy atom. The Morgan fingerprint density at radius 2 is 2.27 bits per heavy atom. The molecule has 0 atom stereocenters. The summed E-state index contributed by atoms with van der Waals surface area (Å²) in [6, 6.07) is 8.53. The van der Waals surface area contributed by atoms with Crippen molar-refractivity contribution in [2.75, 3.05) is 0 Å². The second-order valence-corrected chi connectivity index (χ2v) is 4.44. The van der Waals surface area contributed by atoms with Gasteiger partial charge in [0.1, 0.15) is 6.33 Å². The lowest BCUT2D eigenvalue weighted by atomic mass is 10.2. The van der Waals surface area contributed by atoms with Crippen LogP contribution in [0.2, 0.25) is 0 Å². The molecule has 78 valence electrons. The van der Waals surface area contributed by atoms with Gasteiger partial charge in [-0.15, -0.1) is 10.2 Å². The lowest BCUT2D eigenvalue weighted by Gasteiger charge is -2.01. The molecular weight excluding hydrogens is 206 g/mol. The first-order valence-electron chi connectivity index (χ1n) is 4.78. The van der Waals surface area contributed by atoms with Gasteiger partial charge in [-0.3, -0.25) is 0 Å². The molecule has 0 radical (unpaired) electrons. The Balaban J connectivity index is 2.02. The molecule has 2 rings (SSSR count). The molecule has 0 aliphatic carbocycles. The Labute approximate surface area is 93.5 Å². The normalized spacial score (nSPS) is 10.5.